The Morgan fingerprint density at radius 3 is 2.63 bits per heavy atom. The van der Waals surface area contributed by atoms with Gasteiger partial charge in [-0.1, -0.05) is 38.1 Å². The maximum Gasteiger partial charge on any atom is 0.216 e. The topological polar surface area (TPSA) is 64.4 Å². The molecule has 0 fully saturated rings. The lowest BCUT2D eigenvalue weighted by molar-refractivity contribution is 0.290. The molecule has 0 unspecified atom stereocenters. The quantitative estimate of drug-likeness (QED) is 0.481. The van der Waals surface area contributed by atoms with E-state index in [1.807, 2.05) is 36.4 Å². The molecule has 140 valence electrons. The summed E-state index contributed by atoms with van der Waals surface area (Å²) in [5.41, 5.74) is 2.12. The molecule has 3 rings (SSSR count). The van der Waals surface area contributed by atoms with Crippen LogP contribution in [0.5, 0.6) is 11.5 Å². The van der Waals surface area contributed by atoms with E-state index in [1.54, 1.807) is 18.0 Å². The van der Waals surface area contributed by atoms with E-state index in [1.165, 1.54) is 5.56 Å². The maximum absolute atomic E-state index is 5.83. The van der Waals surface area contributed by atoms with Crippen LogP contribution in [-0.2, 0) is 6.61 Å². The molecule has 0 saturated carbocycles. The summed E-state index contributed by atoms with van der Waals surface area (Å²) < 4.78 is 13.1. The summed E-state index contributed by atoms with van der Waals surface area (Å²) in [7, 11) is 1.63. The highest BCUT2D eigenvalue weighted by Crippen LogP contribution is 2.19. The van der Waals surface area contributed by atoms with Crippen LogP contribution in [0.3, 0.4) is 0 Å². The number of benzene rings is 2. The highest BCUT2D eigenvalue weighted by atomic mass is 32.1. The number of aromatic amines is 1. The average Bonchev–Trinajstić information content (AvgIpc) is 3.04. The van der Waals surface area contributed by atoms with Gasteiger partial charge in [-0.3, -0.25) is 0 Å². The Morgan fingerprint density at radius 2 is 1.93 bits per heavy atom. The molecular weight excluding hydrogens is 360 g/mol. The standard InChI is InChI=1S/C20H22N4O2S/c1-14(2)15-8-10-17(11-9-15)26-13-19-22-23-20(27)24(19)21-12-16-6-4-5-7-18(16)25-3/h4-12,14H,13H2,1-3H3,(H,23,27)/b21-12-. The molecule has 0 amide bonds. The van der Waals surface area contributed by atoms with Gasteiger partial charge in [0, 0.05) is 5.56 Å². The van der Waals surface area contributed by atoms with Gasteiger partial charge in [0.05, 0.1) is 13.3 Å². The van der Waals surface area contributed by atoms with Crippen LogP contribution in [0.25, 0.3) is 0 Å². The van der Waals surface area contributed by atoms with Crippen molar-refractivity contribution in [1.29, 1.82) is 0 Å². The summed E-state index contributed by atoms with van der Waals surface area (Å²) in [6.07, 6.45) is 1.69. The molecule has 6 nitrogen and oxygen atoms in total. The number of ether oxygens (including phenoxy) is 2. The molecule has 0 atom stereocenters. The van der Waals surface area contributed by atoms with Gasteiger partial charge < -0.3 is 9.47 Å². The van der Waals surface area contributed by atoms with Crippen LogP contribution in [0.1, 0.15) is 36.7 Å². The van der Waals surface area contributed by atoms with Crippen LogP contribution in [0.4, 0.5) is 0 Å². The molecular formula is C20H22N4O2S. The van der Waals surface area contributed by atoms with Gasteiger partial charge in [-0.25, -0.2) is 5.10 Å². The molecule has 0 bridgehead atoms. The lowest BCUT2D eigenvalue weighted by Gasteiger charge is -2.08. The van der Waals surface area contributed by atoms with Crippen molar-refractivity contribution in [3.63, 3.8) is 0 Å². The van der Waals surface area contributed by atoms with Crippen molar-refractivity contribution in [1.82, 2.24) is 14.9 Å². The molecule has 1 N–H and O–H groups in total. The Hall–Kier alpha value is -2.93. The highest BCUT2D eigenvalue weighted by molar-refractivity contribution is 7.71. The molecule has 0 spiro atoms. The Labute approximate surface area is 163 Å². The number of H-pyrrole nitrogens is 1. The Kier molecular flexibility index (Phi) is 6.03. The second-order valence-corrected chi connectivity index (χ2v) is 6.64. The van der Waals surface area contributed by atoms with Gasteiger partial charge in [0.2, 0.25) is 4.77 Å². The number of aromatic nitrogens is 3. The molecule has 1 aromatic heterocycles. The lowest BCUT2D eigenvalue weighted by atomic mass is 10.0. The molecule has 27 heavy (non-hydrogen) atoms. The molecule has 2 aromatic carbocycles. The zero-order valence-electron chi connectivity index (χ0n) is 15.5. The van der Waals surface area contributed by atoms with Crippen molar-refractivity contribution in [2.24, 2.45) is 5.10 Å². The molecule has 0 radical (unpaired) electrons. The van der Waals surface area contributed by atoms with Crippen LogP contribution in [0, 0.1) is 4.77 Å². The van der Waals surface area contributed by atoms with Crippen molar-refractivity contribution in [2.75, 3.05) is 7.11 Å². The summed E-state index contributed by atoms with van der Waals surface area (Å²) in [5.74, 6) is 2.58. The first kappa shape index (κ1) is 18.8. The molecule has 0 aliphatic heterocycles. The smallest absolute Gasteiger partial charge is 0.216 e. The van der Waals surface area contributed by atoms with Crippen molar-refractivity contribution in [3.8, 4) is 11.5 Å². The summed E-state index contributed by atoms with van der Waals surface area (Å²) >= 11 is 5.27. The molecule has 3 aromatic rings. The number of rotatable bonds is 7. The van der Waals surface area contributed by atoms with Crippen LogP contribution in [-0.4, -0.2) is 28.2 Å². The zero-order chi connectivity index (χ0) is 19.2. The van der Waals surface area contributed by atoms with E-state index in [4.69, 9.17) is 21.7 Å². The third-order valence-electron chi connectivity index (χ3n) is 4.08. The Bertz CT molecular complexity index is 974. The largest absolute Gasteiger partial charge is 0.496 e. The summed E-state index contributed by atoms with van der Waals surface area (Å²) in [5, 5.41) is 11.4. The minimum Gasteiger partial charge on any atom is -0.496 e. The zero-order valence-corrected chi connectivity index (χ0v) is 16.4. The molecule has 7 heteroatoms. The first-order valence-electron chi connectivity index (χ1n) is 8.65. The van der Waals surface area contributed by atoms with Gasteiger partial charge in [-0.15, -0.1) is 0 Å². The fraction of sp³-hybridized carbons (Fsp3) is 0.250. The first-order valence-corrected chi connectivity index (χ1v) is 9.05. The fourth-order valence-electron chi connectivity index (χ4n) is 2.53. The van der Waals surface area contributed by atoms with Gasteiger partial charge in [0.15, 0.2) is 5.82 Å². The van der Waals surface area contributed by atoms with Gasteiger partial charge in [0.1, 0.15) is 18.1 Å². The monoisotopic (exact) mass is 382 g/mol. The van der Waals surface area contributed by atoms with Crippen molar-refractivity contribution >= 4 is 18.4 Å². The highest BCUT2D eigenvalue weighted by Gasteiger charge is 2.07. The second kappa shape index (κ2) is 8.64. The van der Waals surface area contributed by atoms with Crippen LogP contribution in [0.2, 0.25) is 0 Å². The van der Waals surface area contributed by atoms with E-state index in [0.717, 1.165) is 17.1 Å². The van der Waals surface area contributed by atoms with Crippen molar-refractivity contribution in [2.45, 2.75) is 26.4 Å². The third-order valence-corrected chi connectivity index (χ3v) is 4.35. The number of para-hydroxylation sites is 1. The van der Waals surface area contributed by atoms with Crippen LogP contribution < -0.4 is 9.47 Å². The Balaban J connectivity index is 1.74. The van der Waals surface area contributed by atoms with E-state index in [-0.39, 0.29) is 6.61 Å². The molecule has 1 heterocycles. The van der Waals surface area contributed by atoms with Crippen molar-refractivity contribution < 1.29 is 9.47 Å². The fourth-order valence-corrected chi connectivity index (χ4v) is 2.72. The average molecular weight is 382 g/mol. The van der Waals surface area contributed by atoms with Gasteiger partial charge >= 0.3 is 0 Å². The summed E-state index contributed by atoms with van der Waals surface area (Å²) in [6, 6.07) is 15.7. The number of nitrogens with one attached hydrogen (secondary N) is 1. The molecule has 0 aliphatic rings. The van der Waals surface area contributed by atoms with E-state index >= 15 is 0 Å². The van der Waals surface area contributed by atoms with E-state index in [0.29, 0.717) is 16.5 Å². The third kappa shape index (κ3) is 4.62. The van der Waals surface area contributed by atoms with Gasteiger partial charge in [-0.2, -0.15) is 14.9 Å². The Morgan fingerprint density at radius 1 is 1.19 bits per heavy atom. The molecule has 0 saturated heterocycles. The summed E-state index contributed by atoms with van der Waals surface area (Å²) in [4.78, 5) is 0. The minimum absolute atomic E-state index is 0.247. The van der Waals surface area contributed by atoms with Crippen LogP contribution in [0.15, 0.2) is 53.6 Å². The number of methoxy groups -OCH3 is 1. The second-order valence-electron chi connectivity index (χ2n) is 6.26. The number of nitrogens with zero attached hydrogens (tertiary/aromatic N) is 3. The lowest BCUT2D eigenvalue weighted by Crippen LogP contribution is -2.04. The number of hydrogen-bond donors (Lipinski definition) is 1. The van der Waals surface area contributed by atoms with Crippen LogP contribution >= 0.6 is 12.2 Å². The van der Waals surface area contributed by atoms with Gasteiger partial charge in [-0.05, 0) is 48.0 Å². The maximum atomic E-state index is 5.83. The first-order chi connectivity index (χ1) is 13.1. The molecule has 0 aliphatic carbocycles. The van der Waals surface area contributed by atoms with Gasteiger partial charge in [0.25, 0.3) is 0 Å². The minimum atomic E-state index is 0.247. The predicted molar refractivity (Wildman–Crippen MR) is 108 cm³/mol. The van der Waals surface area contributed by atoms with Crippen molar-refractivity contribution in [3.05, 3.63) is 70.3 Å². The predicted octanol–water partition coefficient (Wildman–Crippen LogP) is 4.53. The van der Waals surface area contributed by atoms with E-state index in [9.17, 15) is 0 Å². The SMILES string of the molecule is COc1ccccc1/C=N\n1c(COc2ccc(C(C)C)cc2)n[nH]c1=S. The normalized spacial score (nSPS) is 11.3. The number of hydrogen-bond acceptors (Lipinski definition) is 5. The summed E-state index contributed by atoms with van der Waals surface area (Å²) in [6.45, 7) is 4.57. The van der Waals surface area contributed by atoms with E-state index in [2.05, 4.69) is 41.3 Å². The van der Waals surface area contributed by atoms with E-state index < -0.39 is 0 Å².